The van der Waals surface area contributed by atoms with Gasteiger partial charge in [0.05, 0.1) is 0 Å². The highest BCUT2D eigenvalue weighted by atomic mass is 16.3. The molecule has 0 spiro atoms. The average molecular weight is 595 g/mol. The van der Waals surface area contributed by atoms with E-state index >= 15 is 0 Å². The number of rotatable bonds is 6. The molecule has 1 aliphatic rings. The zero-order chi connectivity index (χ0) is 30.9. The summed E-state index contributed by atoms with van der Waals surface area (Å²) in [5.41, 5.74) is 10.1. The first-order chi connectivity index (χ1) is 22.7. The number of fused-ring (bicyclic) bond motifs is 3. The van der Waals surface area contributed by atoms with Crippen LogP contribution >= 0.6 is 0 Å². The van der Waals surface area contributed by atoms with Crippen LogP contribution in [0.25, 0.3) is 73.5 Å². The zero-order valence-electron chi connectivity index (χ0n) is 25.4. The van der Waals surface area contributed by atoms with E-state index in [4.69, 9.17) is 24.4 Å². The minimum absolute atomic E-state index is 0.611. The Morgan fingerprint density at radius 1 is 0.565 bits per heavy atom. The van der Waals surface area contributed by atoms with E-state index in [1.165, 1.54) is 11.1 Å². The van der Waals surface area contributed by atoms with Crippen molar-refractivity contribution in [3.63, 3.8) is 0 Å². The van der Waals surface area contributed by atoms with Crippen molar-refractivity contribution in [2.75, 3.05) is 0 Å². The molecule has 5 nitrogen and oxygen atoms in total. The predicted molar refractivity (Wildman–Crippen MR) is 188 cm³/mol. The number of benzene rings is 5. The molecule has 0 atom stereocenters. The van der Waals surface area contributed by atoms with Crippen LogP contribution in [0.5, 0.6) is 0 Å². The van der Waals surface area contributed by atoms with E-state index in [0.29, 0.717) is 17.5 Å². The van der Waals surface area contributed by atoms with Crippen molar-refractivity contribution in [2.45, 2.75) is 19.8 Å². The van der Waals surface area contributed by atoms with Crippen LogP contribution in [0, 0.1) is 0 Å². The van der Waals surface area contributed by atoms with Gasteiger partial charge in [-0.1, -0.05) is 128 Å². The van der Waals surface area contributed by atoms with Gasteiger partial charge in [-0.05, 0) is 41.3 Å². The molecule has 8 rings (SSSR count). The van der Waals surface area contributed by atoms with Gasteiger partial charge < -0.3 is 4.42 Å². The highest BCUT2D eigenvalue weighted by Crippen LogP contribution is 2.41. The number of nitrogens with zero attached hydrogens (tertiary/aromatic N) is 4. The Morgan fingerprint density at radius 2 is 1.13 bits per heavy atom. The summed E-state index contributed by atoms with van der Waals surface area (Å²) in [6, 6.07) is 43.4. The maximum atomic E-state index is 6.50. The Hall–Kier alpha value is -5.94. The van der Waals surface area contributed by atoms with Gasteiger partial charge in [-0.3, -0.25) is 4.99 Å². The molecule has 46 heavy (non-hydrogen) atoms. The first-order valence-corrected chi connectivity index (χ1v) is 15.6. The SMILES string of the molecule is CCC1=Cc2oc3c(-c4cccc(-c5nc(-c6ccccc6)nc(-c6ccc(-c7ccccc7)cc6)n5)c4)cccc3c2N=CC1. The Bertz CT molecular complexity index is 2250. The number of hydrogen-bond donors (Lipinski definition) is 0. The van der Waals surface area contributed by atoms with Gasteiger partial charge in [-0.25, -0.2) is 15.0 Å². The summed E-state index contributed by atoms with van der Waals surface area (Å²) in [6.45, 7) is 2.17. The first kappa shape index (κ1) is 27.6. The maximum absolute atomic E-state index is 6.50. The highest BCUT2D eigenvalue weighted by Gasteiger charge is 2.19. The molecule has 5 heteroatoms. The quantitative estimate of drug-likeness (QED) is 0.192. The van der Waals surface area contributed by atoms with E-state index in [-0.39, 0.29) is 0 Å². The van der Waals surface area contributed by atoms with E-state index in [2.05, 4.69) is 91.9 Å². The Balaban J connectivity index is 1.23. The Labute approximate surface area is 267 Å². The summed E-state index contributed by atoms with van der Waals surface area (Å²) >= 11 is 0. The van der Waals surface area contributed by atoms with E-state index in [0.717, 1.165) is 68.6 Å². The molecule has 0 N–H and O–H groups in total. The summed E-state index contributed by atoms with van der Waals surface area (Å²) in [6.07, 6.45) is 5.95. The van der Waals surface area contributed by atoms with Crippen molar-refractivity contribution in [1.82, 2.24) is 15.0 Å². The van der Waals surface area contributed by atoms with Crippen molar-refractivity contribution < 1.29 is 4.42 Å². The van der Waals surface area contributed by atoms with Crippen molar-refractivity contribution in [1.29, 1.82) is 0 Å². The number of allylic oxidation sites excluding steroid dienone is 1. The van der Waals surface area contributed by atoms with E-state index in [1.54, 1.807) is 0 Å². The van der Waals surface area contributed by atoms with Crippen LogP contribution in [0.4, 0.5) is 5.69 Å². The van der Waals surface area contributed by atoms with Gasteiger partial charge in [-0.15, -0.1) is 0 Å². The van der Waals surface area contributed by atoms with Crippen LogP contribution in [0.3, 0.4) is 0 Å². The van der Waals surface area contributed by atoms with E-state index in [1.807, 2.05) is 54.7 Å². The van der Waals surface area contributed by atoms with Gasteiger partial charge in [0, 0.05) is 40.3 Å². The summed E-state index contributed by atoms with van der Waals surface area (Å²) in [5.74, 6) is 2.69. The topological polar surface area (TPSA) is 64.2 Å². The monoisotopic (exact) mass is 594 g/mol. The lowest BCUT2D eigenvalue weighted by Crippen LogP contribution is -2.00. The van der Waals surface area contributed by atoms with Crippen LogP contribution < -0.4 is 0 Å². The average Bonchev–Trinajstić information content (AvgIpc) is 3.35. The van der Waals surface area contributed by atoms with Crippen LogP contribution in [0.15, 0.2) is 142 Å². The number of hydrogen-bond acceptors (Lipinski definition) is 5. The molecule has 0 fully saturated rings. The minimum atomic E-state index is 0.611. The summed E-state index contributed by atoms with van der Waals surface area (Å²) < 4.78 is 6.50. The van der Waals surface area contributed by atoms with Gasteiger partial charge >= 0.3 is 0 Å². The lowest BCUT2D eigenvalue weighted by atomic mass is 10.0. The van der Waals surface area contributed by atoms with E-state index < -0.39 is 0 Å². The minimum Gasteiger partial charge on any atom is -0.454 e. The van der Waals surface area contributed by atoms with Crippen LogP contribution in [0.2, 0.25) is 0 Å². The van der Waals surface area contributed by atoms with E-state index in [9.17, 15) is 0 Å². The largest absolute Gasteiger partial charge is 0.454 e. The van der Waals surface area contributed by atoms with Gasteiger partial charge in [0.1, 0.15) is 11.3 Å². The van der Waals surface area contributed by atoms with Crippen LogP contribution in [0.1, 0.15) is 25.5 Å². The fraction of sp³-hybridized carbons (Fsp3) is 0.0732. The second-order valence-electron chi connectivity index (χ2n) is 11.4. The molecule has 1 aliphatic heterocycles. The highest BCUT2D eigenvalue weighted by molar-refractivity contribution is 6.03. The van der Waals surface area contributed by atoms with Gasteiger partial charge in [0.25, 0.3) is 0 Å². The number of para-hydroxylation sites is 1. The molecular weight excluding hydrogens is 564 g/mol. The molecule has 0 radical (unpaired) electrons. The maximum Gasteiger partial charge on any atom is 0.164 e. The van der Waals surface area contributed by atoms with Crippen LogP contribution in [-0.2, 0) is 0 Å². The van der Waals surface area contributed by atoms with Crippen molar-refractivity contribution in [2.24, 2.45) is 4.99 Å². The molecular formula is C41H30N4O. The molecule has 0 saturated heterocycles. The second kappa shape index (κ2) is 11.9. The molecule has 7 aromatic rings. The number of aliphatic imine (C=N–C) groups is 1. The number of furan rings is 1. The molecule has 2 aromatic heterocycles. The first-order valence-electron chi connectivity index (χ1n) is 15.6. The standard InChI is InChI=1S/C41H30N4O/c1-2-27-23-24-42-37-35-18-10-17-34(38(35)46-36(37)25-27)32-15-9-16-33(26-32)41-44-39(30-13-7-4-8-14-30)43-40(45-41)31-21-19-29(20-22-31)28-11-5-3-6-12-28/h3-22,24-26H,2,23H2,1H3. The third-order valence-corrected chi connectivity index (χ3v) is 8.43. The summed E-state index contributed by atoms with van der Waals surface area (Å²) in [4.78, 5) is 19.7. The second-order valence-corrected chi connectivity index (χ2v) is 11.4. The third kappa shape index (κ3) is 5.22. The fourth-order valence-electron chi connectivity index (χ4n) is 5.95. The van der Waals surface area contributed by atoms with Gasteiger partial charge in [-0.2, -0.15) is 0 Å². The molecule has 0 bridgehead atoms. The normalized spacial score (nSPS) is 12.5. The van der Waals surface area contributed by atoms with Crippen molar-refractivity contribution in [3.8, 4) is 56.4 Å². The van der Waals surface area contributed by atoms with Crippen molar-refractivity contribution >= 4 is 28.9 Å². The molecule has 3 heterocycles. The molecule has 220 valence electrons. The lowest BCUT2D eigenvalue weighted by molar-refractivity contribution is 0.605. The molecule has 0 saturated carbocycles. The van der Waals surface area contributed by atoms with Gasteiger partial charge in [0.15, 0.2) is 23.2 Å². The molecule has 0 unspecified atom stereocenters. The van der Waals surface area contributed by atoms with Gasteiger partial charge in [0.2, 0.25) is 0 Å². The molecule has 5 aromatic carbocycles. The summed E-state index contributed by atoms with van der Waals surface area (Å²) in [5, 5.41) is 1.01. The molecule has 0 amide bonds. The Kier molecular flexibility index (Phi) is 7.12. The number of aromatic nitrogens is 3. The third-order valence-electron chi connectivity index (χ3n) is 8.43. The zero-order valence-corrected chi connectivity index (χ0v) is 25.4. The smallest absolute Gasteiger partial charge is 0.164 e. The molecule has 0 aliphatic carbocycles. The van der Waals surface area contributed by atoms with Crippen molar-refractivity contribution in [3.05, 3.63) is 139 Å². The summed E-state index contributed by atoms with van der Waals surface area (Å²) in [7, 11) is 0. The predicted octanol–water partition coefficient (Wildman–Crippen LogP) is 10.9. The Morgan fingerprint density at radius 3 is 1.85 bits per heavy atom. The van der Waals surface area contributed by atoms with Crippen LogP contribution in [-0.4, -0.2) is 21.2 Å². The fourth-order valence-corrected chi connectivity index (χ4v) is 5.95. The lowest BCUT2D eigenvalue weighted by Gasteiger charge is -2.10.